The maximum absolute atomic E-state index is 6.45. The zero-order valence-electron chi connectivity index (χ0n) is 34.4. The number of hydrogen-bond donors (Lipinski definition) is 0. The second-order valence-corrected chi connectivity index (χ2v) is 16.4. The summed E-state index contributed by atoms with van der Waals surface area (Å²) in [5, 5.41) is 9.13. The first-order valence-corrected chi connectivity index (χ1v) is 21.5. The molecule has 4 heterocycles. The minimum atomic E-state index is 0.650. The predicted octanol–water partition coefficient (Wildman–Crippen LogP) is 16.0. The molecule has 64 heavy (non-hydrogen) atoms. The van der Waals surface area contributed by atoms with E-state index in [4.69, 9.17) is 18.8 Å². The van der Waals surface area contributed by atoms with Gasteiger partial charge in [0.2, 0.25) is 0 Å². The van der Waals surface area contributed by atoms with Gasteiger partial charge in [-0.2, -0.15) is 0 Å². The van der Waals surface area contributed by atoms with Crippen molar-refractivity contribution in [2.75, 3.05) is 0 Å². The molecule has 0 fully saturated rings. The van der Waals surface area contributed by atoms with Gasteiger partial charge in [0.1, 0.15) is 22.3 Å². The number of benzene rings is 9. The van der Waals surface area contributed by atoms with Crippen LogP contribution < -0.4 is 0 Å². The molecule has 0 atom stereocenters. The molecule has 13 aromatic rings. The molecule has 0 saturated carbocycles. The van der Waals surface area contributed by atoms with Crippen LogP contribution in [0.3, 0.4) is 0 Å². The fraction of sp³-hybridized carbons (Fsp3) is 0. The van der Waals surface area contributed by atoms with Crippen molar-refractivity contribution >= 4 is 65.4 Å². The first kappa shape index (κ1) is 36.0. The Labute approximate surface area is 367 Å². The molecule has 0 aliphatic rings. The van der Waals surface area contributed by atoms with E-state index in [1.54, 1.807) is 6.20 Å². The highest BCUT2D eigenvalue weighted by molar-refractivity contribution is 6.20. The van der Waals surface area contributed by atoms with Crippen molar-refractivity contribution in [2.45, 2.75) is 0 Å². The standard InChI is InChI=1S/C59H35N3O2/c1-2-11-39(12-3-1)51-34-52(62-59(61-51)40-18-16-36(17-19-40)43-13-8-28-60-35-43)46-30-44(41-22-24-53-49(32-41)57-47-14-6-4-9-37(47)20-26-55(57)63-53)29-45(31-46)42-23-25-54-50(33-42)58-48-15-7-5-10-38(48)21-27-56(58)64-54/h1-35H. The van der Waals surface area contributed by atoms with Gasteiger partial charge in [-0.3, -0.25) is 4.98 Å². The minimum absolute atomic E-state index is 0.650. The molecule has 0 spiro atoms. The van der Waals surface area contributed by atoms with Gasteiger partial charge in [0, 0.05) is 50.6 Å². The van der Waals surface area contributed by atoms with Crippen LogP contribution in [0.5, 0.6) is 0 Å². The highest BCUT2D eigenvalue weighted by atomic mass is 16.3. The van der Waals surface area contributed by atoms with Gasteiger partial charge in [0.15, 0.2) is 5.82 Å². The molecule has 9 aromatic carbocycles. The Kier molecular flexibility index (Phi) is 8.15. The Hall–Kier alpha value is -8.67. The van der Waals surface area contributed by atoms with Crippen molar-refractivity contribution < 1.29 is 8.83 Å². The normalized spacial score (nSPS) is 11.8. The second-order valence-electron chi connectivity index (χ2n) is 16.4. The molecular weight excluding hydrogens is 783 g/mol. The first-order valence-electron chi connectivity index (χ1n) is 21.5. The van der Waals surface area contributed by atoms with E-state index in [0.29, 0.717) is 5.82 Å². The molecule has 0 bridgehead atoms. The van der Waals surface area contributed by atoms with Crippen molar-refractivity contribution in [3.8, 4) is 67.3 Å². The Morgan fingerprint density at radius 2 is 0.797 bits per heavy atom. The summed E-state index contributed by atoms with van der Waals surface area (Å²) < 4.78 is 12.9. The first-order chi connectivity index (χ1) is 31.7. The van der Waals surface area contributed by atoms with E-state index in [0.717, 1.165) is 105 Å². The summed E-state index contributed by atoms with van der Waals surface area (Å²) in [4.78, 5) is 14.9. The van der Waals surface area contributed by atoms with Crippen molar-refractivity contribution in [1.29, 1.82) is 0 Å². The molecule has 4 aromatic heterocycles. The lowest BCUT2D eigenvalue weighted by atomic mass is 9.93. The fourth-order valence-corrected chi connectivity index (χ4v) is 9.39. The monoisotopic (exact) mass is 817 g/mol. The lowest BCUT2D eigenvalue weighted by molar-refractivity contribution is 0.669. The Bertz CT molecular complexity index is 3770. The van der Waals surface area contributed by atoms with Crippen molar-refractivity contribution in [1.82, 2.24) is 15.0 Å². The maximum atomic E-state index is 6.45. The largest absolute Gasteiger partial charge is 0.456 e. The second kappa shape index (κ2) is 14.5. The summed E-state index contributed by atoms with van der Waals surface area (Å²) in [6.07, 6.45) is 3.68. The summed E-state index contributed by atoms with van der Waals surface area (Å²) in [7, 11) is 0. The molecule has 0 radical (unpaired) electrons. The quantitative estimate of drug-likeness (QED) is 0.167. The van der Waals surface area contributed by atoms with Gasteiger partial charge in [-0.1, -0.05) is 133 Å². The number of hydrogen-bond acceptors (Lipinski definition) is 5. The van der Waals surface area contributed by atoms with Gasteiger partial charge < -0.3 is 8.83 Å². The highest BCUT2D eigenvalue weighted by Gasteiger charge is 2.18. The summed E-state index contributed by atoms with van der Waals surface area (Å²) >= 11 is 0. The molecule has 0 unspecified atom stereocenters. The van der Waals surface area contributed by atoms with Crippen molar-refractivity contribution in [3.05, 3.63) is 213 Å². The molecule has 13 rings (SSSR count). The lowest BCUT2D eigenvalue weighted by Gasteiger charge is -2.14. The molecular formula is C59H35N3O2. The van der Waals surface area contributed by atoms with Crippen molar-refractivity contribution in [3.63, 3.8) is 0 Å². The minimum Gasteiger partial charge on any atom is -0.456 e. The summed E-state index contributed by atoms with van der Waals surface area (Å²) in [5.41, 5.74) is 14.5. The molecule has 5 heteroatoms. The van der Waals surface area contributed by atoms with Crippen LogP contribution >= 0.6 is 0 Å². The van der Waals surface area contributed by atoms with E-state index < -0.39 is 0 Å². The third kappa shape index (κ3) is 6.05. The molecule has 0 aliphatic heterocycles. The number of fused-ring (bicyclic) bond motifs is 10. The summed E-state index contributed by atoms with van der Waals surface area (Å²) in [6, 6.07) is 70.3. The van der Waals surface area contributed by atoms with Gasteiger partial charge >= 0.3 is 0 Å². The van der Waals surface area contributed by atoms with E-state index in [1.165, 1.54) is 21.5 Å². The van der Waals surface area contributed by atoms with Crippen LogP contribution in [0.4, 0.5) is 0 Å². The average Bonchev–Trinajstić information content (AvgIpc) is 3.95. The van der Waals surface area contributed by atoms with Crippen LogP contribution in [0.25, 0.3) is 133 Å². The van der Waals surface area contributed by atoms with E-state index in [1.807, 2.05) is 18.3 Å². The molecule has 0 amide bonds. The number of pyridine rings is 1. The van der Waals surface area contributed by atoms with Gasteiger partial charge in [-0.05, 0) is 122 Å². The Balaban J connectivity index is 1.03. The third-order valence-corrected chi connectivity index (χ3v) is 12.5. The highest BCUT2D eigenvalue weighted by Crippen LogP contribution is 2.41. The van der Waals surface area contributed by atoms with Crippen LogP contribution in [-0.4, -0.2) is 15.0 Å². The predicted molar refractivity (Wildman–Crippen MR) is 262 cm³/mol. The Morgan fingerprint density at radius 1 is 0.297 bits per heavy atom. The van der Waals surface area contributed by atoms with Crippen LogP contribution in [0.15, 0.2) is 221 Å². The van der Waals surface area contributed by atoms with Crippen LogP contribution in [0, 0.1) is 0 Å². The van der Waals surface area contributed by atoms with E-state index in [-0.39, 0.29) is 0 Å². The topological polar surface area (TPSA) is 65.0 Å². The molecule has 0 saturated heterocycles. The van der Waals surface area contributed by atoms with Gasteiger partial charge in [-0.15, -0.1) is 0 Å². The van der Waals surface area contributed by atoms with Crippen LogP contribution in [0.1, 0.15) is 0 Å². The van der Waals surface area contributed by atoms with Crippen LogP contribution in [-0.2, 0) is 0 Å². The van der Waals surface area contributed by atoms with Gasteiger partial charge in [0.05, 0.1) is 11.4 Å². The molecule has 298 valence electrons. The number of rotatable bonds is 6. The fourth-order valence-electron chi connectivity index (χ4n) is 9.39. The van der Waals surface area contributed by atoms with E-state index >= 15 is 0 Å². The number of aromatic nitrogens is 3. The number of nitrogens with zero attached hydrogens (tertiary/aromatic N) is 3. The smallest absolute Gasteiger partial charge is 0.160 e. The van der Waals surface area contributed by atoms with Crippen molar-refractivity contribution in [2.24, 2.45) is 0 Å². The molecule has 5 nitrogen and oxygen atoms in total. The Morgan fingerprint density at radius 3 is 1.39 bits per heavy atom. The van der Waals surface area contributed by atoms with Gasteiger partial charge in [0.25, 0.3) is 0 Å². The van der Waals surface area contributed by atoms with Gasteiger partial charge in [-0.25, -0.2) is 9.97 Å². The lowest BCUT2D eigenvalue weighted by Crippen LogP contribution is -1.96. The zero-order valence-corrected chi connectivity index (χ0v) is 34.4. The average molecular weight is 818 g/mol. The van der Waals surface area contributed by atoms with E-state index in [2.05, 4.69) is 193 Å². The number of furan rings is 2. The third-order valence-electron chi connectivity index (χ3n) is 12.5. The SMILES string of the molecule is c1ccc(-c2cc(-c3cc(-c4ccc5oc6ccc7ccccc7c6c5c4)cc(-c4ccc5oc6ccc7ccccc7c6c5c4)c3)nc(-c3ccc(-c4cccnc4)cc3)n2)cc1. The zero-order chi connectivity index (χ0) is 42.1. The molecule has 0 aliphatic carbocycles. The van der Waals surface area contributed by atoms with Crippen LogP contribution in [0.2, 0.25) is 0 Å². The summed E-state index contributed by atoms with van der Waals surface area (Å²) in [5.74, 6) is 0.650. The van der Waals surface area contributed by atoms with E-state index in [9.17, 15) is 0 Å². The maximum Gasteiger partial charge on any atom is 0.160 e. The molecule has 0 N–H and O–H groups in total. The summed E-state index contributed by atoms with van der Waals surface area (Å²) in [6.45, 7) is 0.